The molecule has 156 valence electrons. The number of thiocarbonyl (C=S) groups is 1. The minimum Gasteiger partial charge on any atom is -0.507 e. The minimum absolute atomic E-state index is 0.0363. The van der Waals surface area contributed by atoms with Gasteiger partial charge in [0.1, 0.15) is 16.6 Å². The average molecular weight is 517 g/mol. The first-order chi connectivity index (χ1) is 14.0. The number of carbonyl (C=O) groups excluding carboxylic acids is 2. The molecule has 11 heteroatoms. The highest BCUT2D eigenvalue weighted by Crippen LogP contribution is 2.35. The van der Waals surface area contributed by atoms with Crippen molar-refractivity contribution in [2.45, 2.75) is 6.18 Å². The maximum atomic E-state index is 12.8. The molecular formula is C19H12BrF3N2O3S2. The number of nitrogens with zero attached hydrogens (tertiary/aromatic N) is 1. The Bertz CT molecular complexity index is 1070. The van der Waals surface area contributed by atoms with Gasteiger partial charge in [-0.25, -0.2) is 0 Å². The van der Waals surface area contributed by atoms with Crippen LogP contribution in [-0.2, 0) is 15.8 Å². The lowest BCUT2D eigenvalue weighted by Crippen LogP contribution is -2.36. The summed E-state index contributed by atoms with van der Waals surface area (Å²) in [6.45, 7) is -0.456. The van der Waals surface area contributed by atoms with Crippen LogP contribution in [0, 0.1) is 0 Å². The Morgan fingerprint density at radius 1 is 1.27 bits per heavy atom. The number of nitrogens with one attached hydrogen (secondary N) is 1. The first kappa shape index (κ1) is 22.3. The molecule has 1 saturated heterocycles. The van der Waals surface area contributed by atoms with Crippen LogP contribution in [-0.4, -0.2) is 32.7 Å². The number of hydrogen-bond donors (Lipinski definition) is 2. The lowest BCUT2D eigenvalue weighted by Gasteiger charge is -2.15. The third-order valence-electron chi connectivity index (χ3n) is 3.93. The molecule has 1 fully saturated rings. The van der Waals surface area contributed by atoms with Crippen LogP contribution in [0.3, 0.4) is 0 Å². The maximum absolute atomic E-state index is 12.8. The number of thioether (sulfide) groups is 1. The zero-order chi connectivity index (χ0) is 22.1. The number of alkyl halides is 3. The predicted octanol–water partition coefficient (Wildman–Crippen LogP) is 5.01. The molecule has 5 nitrogen and oxygen atoms in total. The van der Waals surface area contributed by atoms with Crippen LogP contribution in [0.5, 0.6) is 5.75 Å². The maximum Gasteiger partial charge on any atom is 0.416 e. The summed E-state index contributed by atoms with van der Waals surface area (Å²) in [6.07, 6.45) is -3.09. The molecule has 0 radical (unpaired) electrons. The third kappa shape index (κ3) is 5.21. The van der Waals surface area contributed by atoms with Crippen molar-refractivity contribution in [3.63, 3.8) is 0 Å². The van der Waals surface area contributed by atoms with Crippen LogP contribution in [0.15, 0.2) is 51.8 Å². The van der Waals surface area contributed by atoms with Crippen LogP contribution in [0.1, 0.15) is 11.1 Å². The zero-order valence-corrected chi connectivity index (χ0v) is 18.1. The smallest absolute Gasteiger partial charge is 0.416 e. The number of phenolic OH excluding ortho intramolecular Hbond substituents is 1. The molecule has 30 heavy (non-hydrogen) atoms. The molecule has 0 unspecified atom stereocenters. The molecule has 0 aliphatic carbocycles. The molecule has 0 spiro atoms. The normalized spacial score (nSPS) is 15.7. The molecule has 2 aromatic rings. The number of halogens is 4. The first-order valence-electron chi connectivity index (χ1n) is 8.25. The van der Waals surface area contributed by atoms with Crippen LogP contribution < -0.4 is 5.32 Å². The Morgan fingerprint density at radius 3 is 2.70 bits per heavy atom. The standard InChI is InChI=1S/C19H12BrF3N2O3S2/c20-12-4-5-14(26)10(6-12)7-15-17(28)25(18(29)30-15)9-16(27)24-13-3-1-2-11(8-13)19(21,22)23/h1-8,26H,9H2,(H,24,27)/b15-7-. The number of anilines is 1. The first-order valence-corrected chi connectivity index (χ1v) is 10.3. The van der Waals surface area contributed by atoms with E-state index in [4.69, 9.17) is 12.2 Å². The number of aromatic hydroxyl groups is 1. The van der Waals surface area contributed by atoms with Crippen LogP contribution in [0.4, 0.5) is 18.9 Å². The fraction of sp³-hybridized carbons (Fsp3) is 0.105. The molecule has 3 rings (SSSR count). The van der Waals surface area contributed by atoms with Gasteiger partial charge in [0.15, 0.2) is 0 Å². The van der Waals surface area contributed by atoms with Crippen LogP contribution in [0.25, 0.3) is 6.08 Å². The third-order valence-corrected chi connectivity index (χ3v) is 5.80. The molecule has 2 amide bonds. The lowest BCUT2D eigenvalue weighted by molar-refractivity contribution is -0.137. The second kappa shape index (κ2) is 8.78. The van der Waals surface area contributed by atoms with Gasteiger partial charge >= 0.3 is 6.18 Å². The van der Waals surface area contributed by atoms with E-state index in [1.807, 2.05) is 0 Å². The fourth-order valence-corrected chi connectivity index (χ4v) is 4.16. The molecule has 1 heterocycles. The van der Waals surface area contributed by atoms with Crippen LogP contribution >= 0.6 is 39.9 Å². The van der Waals surface area contributed by atoms with Crippen molar-refractivity contribution in [1.82, 2.24) is 4.90 Å². The summed E-state index contributed by atoms with van der Waals surface area (Å²) in [6, 6.07) is 8.88. The van der Waals surface area contributed by atoms with Crippen molar-refractivity contribution in [2.75, 3.05) is 11.9 Å². The monoisotopic (exact) mass is 516 g/mol. The van der Waals surface area contributed by atoms with Crippen molar-refractivity contribution < 1.29 is 27.9 Å². The summed E-state index contributed by atoms with van der Waals surface area (Å²) in [5.74, 6) is -1.27. The average Bonchev–Trinajstić information content (AvgIpc) is 2.91. The SMILES string of the molecule is O=C(CN1C(=O)/C(=C/c2cc(Br)ccc2O)SC1=S)Nc1cccc(C(F)(F)F)c1. The van der Waals surface area contributed by atoms with Crippen molar-refractivity contribution in [2.24, 2.45) is 0 Å². The topological polar surface area (TPSA) is 69.6 Å². The summed E-state index contributed by atoms with van der Waals surface area (Å²) in [5.41, 5.74) is -0.559. The number of carbonyl (C=O) groups is 2. The number of phenols is 1. The van der Waals surface area contributed by atoms with Crippen molar-refractivity contribution in [1.29, 1.82) is 0 Å². The van der Waals surface area contributed by atoms with Gasteiger partial charge in [-0.05, 0) is 42.5 Å². The van der Waals surface area contributed by atoms with Gasteiger partial charge in [0.25, 0.3) is 5.91 Å². The highest BCUT2D eigenvalue weighted by atomic mass is 79.9. The second-order valence-electron chi connectivity index (χ2n) is 6.10. The zero-order valence-electron chi connectivity index (χ0n) is 14.9. The van der Waals surface area contributed by atoms with Gasteiger partial charge in [0.05, 0.1) is 10.5 Å². The van der Waals surface area contributed by atoms with Gasteiger partial charge in [-0.1, -0.05) is 46.0 Å². The number of hydrogen-bond acceptors (Lipinski definition) is 5. The molecule has 0 aromatic heterocycles. The molecule has 0 atom stereocenters. The molecule has 2 N–H and O–H groups in total. The van der Waals surface area contributed by atoms with Gasteiger partial charge in [0.2, 0.25) is 5.91 Å². The summed E-state index contributed by atoms with van der Waals surface area (Å²) in [4.78, 5) is 26.1. The van der Waals surface area contributed by atoms with Gasteiger partial charge in [-0.2, -0.15) is 13.2 Å². The van der Waals surface area contributed by atoms with E-state index in [1.54, 1.807) is 12.1 Å². The highest BCUT2D eigenvalue weighted by Gasteiger charge is 2.34. The Kier molecular flexibility index (Phi) is 6.53. The summed E-state index contributed by atoms with van der Waals surface area (Å²) in [7, 11) is 0. The quantitative estimate of drug-likeness (QED) is 0.441. The molecular weight excluding hydrogens is 505 g/mol. The molecule has 2 aromatic carbocycles. The van der Waals surface area contributed by atoms with E-state index >= 15 is 0 Å². The fourth-order valence-electron chi connectivity index (χ4n) is 2.54. The van der Waals surface area contributed by atoms with E-state index in [2.05, 4.69) is 21.2 Å². The van der Waals surface area contributed by atoms with Gasteiger partial charge in [0, 0.05) is 15.7 Å². The molecule has 0 bridgehead atoms. The summed E-state index contributed by atoms with van der Waals surface area (Å²) < 4.78 is 39.2. The van der Waals surface area contributed by atoms with E-state index < -0.39 is 30.1 Å². The van der Waals surface area contributed by atoms with Crippen molar-refractivity contribution in [3.8, 4) is 5.75 Å². The summed E-state index contributed by atoms with van der Waals surface area (Å²) >= 11 is 9.38. The van der Waals surface area contributed by atoms with Crippen molar-refractivity contribution in [3.05, 3.63) is 63.0 Å². The summed E-state index contributed by atoms with van der Waals surface area (Å²) in [5, 5.41) is 12.3. The molecule has 1 aliphatic heterocycles. The Hall–Kier alpha value is -2.37. The van der Waals surface area contributed by atoms with E-state index in [0.29, 0.717) is 10.0 Å². The van der Waals surface area contributed by atoms with Gasteiger partial charge in [-0.15, -0.1) is 0 Å². The van der Waals surface area contributed by atoms with E-state index in [1.165, 1.54) is 24.3 Å². The van der Waals surface area contributed by atoms with Crippen LogP contribution in [0.2, 0.25) is 0 Å². The molecule has 0 saturated carbocycles. The number of rotatable bonds is 4. The van der Waals surface area contributed by atoms with Gasteiger partial charge in [-0.3, -0.25) is 14.5 Å². The largest absolute Gasteiger partial charge is 0.507 e. The van der Waals surface area contributed by atoms with E-state index in [0.717, 1.165) is 28.8 Å². The Balaban J connectivity index is 1.72. The second-order valence-corrected chi connectivity index (χ2v) is 8.69. The predicted molar refractivity (Wildman–Crippen MR) is 116 cm³/mol. The Morgan fingerprint density at radius 2 is 2.00 bits per heavy atom. The van der Waals surface area contributed by atoms with E-state index in [9.17, 15) is 27.9 Å². The van der Waals surface area contributed by atoms with Crippen molar-refractivity contribution >= 4 is 67.8 Å². The molecule has 1 aliphatic rings. The highest BCUT2D eigenvalue weighted by molar-refractivity contribution is 9.10. The number of benzene rings is 2. The Labute approximate surface area is 187 Å². The van der Waals surface area contributed by atoms with Gasteiger partial charge < -0.3 is 10.4 Å². The number of amides is 2. The lowest BCUT2D eigenvalue weighted by atomic mass is 10.2. The minimum atomic E-state index is -4.54. The van der Waals surface area contributed by atoms with E-state index in [-0.39, 0.29) is 20.7 Å².